The molecule has 0 bridgehead atoms. The number of hydrogen-bond donors (Lipinski definition) is 0. The second kappa shape index (κ2) is 4.13. The first-order chi connectivity index (χ1) is 8.00. The molecule has 1 aromatic carbocycles. The summed E-state index contributed by atoms with van der Waals surface area (Å²) >= 11 is 0. The molecule has 0 unspecified atom stereocenters. The predicted molar refractivity (Wildman–Crippen MR) is 56.6 cm³/mol. The number of ether oxygens (including phenoxy) is 1. The van der Waals surface area contributed by atoms with Gasteiger partial charge in [0.05, 0.1) is 12.1 Å². The molecule has 2 nitrogen and oxygen atoms in total. The minimum Gasteiger partial charge on any atom is -0.459 e. The van der Waals surface area contributed by atoms with Crippen LogP contribution in [0.5, 0.6) is 0 Å². The van der Waals surface area contributed by atoms with Crippen LogP contribution in [0.2, 0.25) is 0 Å². The number of nitrogens with zero attached hydrogens (tertiary/aromatic N) is 1. The third-order valence-corrected chi connectivity index (χ3v) is 2.30. The Balaban J connectivity index is 2.18. The van der Waals surface area contributed by atoms with Crippen LogP contribution < -0.4 is 0 Å². The van der Waals surface area contributed by atoms with Gasteiger partial charge in [-0.05, 0) is 24.3 Å². The van der Waals surface area contributed by atoms with Crippen LogP contribution in [0, 0.1) is 12.3 Å². The van der Waals surface area contributed by atoms with Crippen LogP contribution >= 0.6 is 0 Å². The Bertz CT molecular complexity index is 482. The van der Waals surface area contributed by atoms with Crippen molar-refractivity contribution in [2.75, 3.05) is 6.54 Å². The first kappa shape index (κ1) is 11.5. The van der Waals surface area contributed by atoms with Gasteiger partial charge in [0.25, 0.3) is 0 Å². The van der Waals surface area contributed by atoms with E-state index in [9.17, 15) is 13.2 Å². The topological polar surface area (TPSA) is 21.6 Å². The maximum atomic E-state index is 12.3. The number of hydrogen-bond acceptors (Lipinski definition) is 2. The molecule has 0 radical (unpaired) electrons. The second-order valence-corrected chi connectivity index (χ2v) is 3.49. The Hall–Kier alpha value is -1.96. The monoisotopic (exact) mass is 239 g/mol. The first-order valence-electron chi connectivity index (χ1n) is 4.85. The summed E-state index contributed by atoms with van der Waals surface area (Å²) in [5.41, 5.74) is -0.205. The molecule has 1 atom stereocenters. The largest absolute Gasteiger partial charge is 0.459 e. The molecule has 1 aromatic rings. The van der Waals surface area contributed by atoms with E-state index in [-0.39, 0.29) is 0 Å². The van der Waals surface area contributed by atoms with Gasteiger partial charge in [0.1, 0.15) is 0 Å². The second-order valence-electron chi connectivity index (χ2n) is 3.49. The average molecular weight is 239 g/mol. The van der Waals surface area contributed by atoms with Crippen molar-refractivity contribution in [3.8, 4) is 12.3 Å². The van der Waals surface area contributed by atoms with Crippen LogP contribution in [0.3, 0.4) is 0 Å². The molecule has 1 aliphatic rings. The van der Waals surface area contributed by atoms with E-state index in [0.717, 1.165) is 12.1 Å². The van der Waals surface area contributed by atoms with Crippen LogP contribution in [-0.4, -0.2) is 18.5 Å². The fraction of sp³-hybridized carbons (Fsp3) is 0.250. The number of terminal acetylenes is 1. The molecule has 0 spiro atoms. The highest BCUT2D eigenvalue weighted by Gasteiger charge is 2.30. The van der Waals surface area contributed by atoms with Gasteiger partial charge in [0.15, 0.2) is 6.10 Å². The van der Waals surface area contributed by atoms with Gasteiger partial charge < -0.3 is 4.74 Å². The third-order valence-electron chi connectivity index (χ3n) is 2.30. The standard InChI is InChI=1S/C12H8F3NO/c1-2-10-7-16-11(17-10)8-3-5-9(6-4-8)12(13,14)15/h1,3-6,10H,7H2/t10-/m0/s1. The Labute approximate surface area is 96.1 Å². The van der Waals surface area contributed by atoms with Gasteiger partial charge in [-0.2, -0.15) is 13.2 Å². The van der Waals surface area contributed by atoms with Crippen LogP contribution in [-0.2, 0) is 10.9 Å². The van der Waals surface area contributed by atoms with Gasteiger partial charge in [-0.3, -0.25) is 0 Å². The minimum atomic E-state index is -4.34. The summed E-state index contributed by atoms with van der Waals surface area (Å²) in [6, 6.07) is 4.62. The molecule has 0 aromatic heterocycles. The van der Waals surface area contributed by atoms with Crippen molar-refractivity contribution in [1.29, 1.82) is 0 Å². The van der Waals surface area contributed by atoms with Crippen LogP contribution in [0.15, 0.2) is 29.3 Å². The molecular weight excluding hydrogens is 231 g/mol. The van der Waals surface area contributed by atoms with Gasteiger partial charge in [0.2, 0.25) is 5.90 Å². The molecular formula is C12H8F3NO. The summed E-state index contributed by atoms with van der Waals surface area (Å²) in [7, 11) is 0. The summed E-state index contributed by atoms with van der Waals surface area (Å²) in [4.78, 5) is 4.02. The highest BCUT2D eigenvalue weighted by molar-refractivity contribution is 5.95. The first-order valence-corrected chi connectivity index (χ1v) is 4.85. The average Bonchev–Trinajstić information content (AvgIpc) is 2.76. The quantitative estimate of drug-likeness (QED) is 0.690. The number of alkyl halides is 3. The molecule has 1 aliphatic heterocycles. The molecule has 0 amide bonds. The molecule has 17 heavy (non-hydrogen) atoms. The minimum absolute atomic E-state index is 0.293. The van der Waals surface area contributed by atoms with E-state index in [4.69, 9.17) is 11.2 Å². The molecule has 5 heteroatoms. The maximum absolute atomic E-state index is 12.3. The Morgan fingerprint density at radius 2 is 1.94 bits per heavy atom. The fourth-order valence-corrected chi connectivity index (χ4v) is 1.42. The zero-order valence-corrected chi connectivity index (χ0v) is 8.66. The highest BCUT2D eigenvalue weighted by Crippen LogP contribution is 2.29. The summed E-state index contributed by atoms with van der Waals surface area (Å²) in [6.07, 6.45) is 0.399. The number of halogens is 3. The van der Waals surface area contributed by atoms with Crippen molar-refractivity contribution < 1.29 is 17.9 Å². The van der Waals surface area contributed by atoms with Gasteiger partial charge >= 0.3 is 6.18 Å². The molecule has 0 N–H and O–H groups in total. The van der Waals surface area contributed by atoms with E-state index >= 15 is 0 Å². The molecule has 88 valence electrons. The van der Waals surface area contributed by atoms with E-state index in [1.165, 1.54) is 12.1 Å². The lowest BCUT2D eigenvalue weighted by Gasteiger charge is -2.08. The summed E-state index contributed by atoms with van der Waals surface area (Å²) < 4.78 is 42.2. The highest BCUT2D eigenvalue weighted by atomic mass is 19.4. The van der Waals surface area contributed by atoms with E-state index < -0.39 is 17.8 Å². The zero-order valence-electron chi connectivity index (χ0n) is 8.66. The molecule has 1 heterocycles. The van der Waals surface area contributed by atoms with Crippen molar-refractivity contribution in [3.63, 3.8) is 0 Å². The van der Waals surface area contributed by atoms with Crippen molar-refractivity contribution in [2.45, 2.75) is 12.3 Å². The summed E-state index contributed by atoms with van der Waals surface area (Å²) in [5.74, 6) is 2.68. The normalized spacial score (nSPS) is 19.4. The number of aliphatic imine (C=N–C) groups is 1. The molecule has 0 saturated carbocycles. The Morgan fingerprint density at radius 3 is 2.41 bits per heavy atom. The van der Waals surface area contributed by atoms with Gasteiger partial charge in [-0.15, -0.1) is 6.42 Å². The third kappa shape index (κ3) is 2.41. The lowest BCUT2D eigenvalue weighted by atomic mass is 10.1. The van der Waals surface area contributed by atoms with Crippen molar-refractivity contribution >= 4 is 5.90 Å². The van der Waals surface area contributed by atoms with Gasteiger partial charge in [-0.1, -0.05) is 5.92 Å². The van der Waals surface area contributed by atoms with Crippen LogP contribution in [0.1, 0.15) is 11.1 Å². The smallest absolute Gasteiger partial charge is 0.416 e. The SMILES string of the molecule is C#C[C@H]1CN=C(c2ccc(C(F)(F)F)cc2)O1. The predicted octanol–water partition coefficient (Wildman–Crippen LogP) is 2.48. The van der Waals surface area contributed by atoms with E-state index in [1.54, 1.807) is 0 Å². The Kier molecular flexibility index (Phi) is 2.80. The van der Waals surface area contributed by atoms with E-state index in [1.807, 2.05) is 0 Å². The van der Waals surface area contributed by atoms with Gasteiger partial charge in [0, 0.05) is 5.56 Å². The summed E-state index contributed by atoms with van der Waals surface area (Å²) in [6.45, 7) is 0.340. The lowest BCUT2D eigenvalue weighted by Crippen LogP contribution is -2.11. The number of benzene rings is 1. The van der Waals surface area contributed by atoms with Crippen LogP contribution in [0.25, 0.3) is 0 Å². The van der Waals surface area contributed by atoms with Crippen molar-refractivity contribution in [1.82, 2.24) is 0 Å². The maximum Gasteiger partial charge on any atom is 0.416 e. The molecule has 0 aliphatic carbocycles. The molecule has 0 fully saturated rings. The molecule has 0 saturated heterocycles. The summed E-state index contributed by atoms with van der Waals surface area (Å²) in [5, 5.41) is 0. The molecule has 2 rings (SSSR count). The van der Waals surface area contributed by atoms with E-state index in [0.29, 0.717) is 18.0 Å². The fourth-order valence-electron chi connectivity index (χ4n) is 1.42. The zero-order chi connectivity index (χ0) is 12.5. The van der Waals surface area contributed by atoms with Crippen molar-refractivity contribution in [2.24, 2.45) is 4.99 Å². The Morgan fingerprint density at radius 1 is 1.29 bits per heavy atom. The number of rotatable bonds is 1. The van der Waals surface area contributed by atoms with Crippen molar-refractivity contribution in [3.05, 3.63) is 35.4 Å². The van der Waals surface area contributed by atoms with Crippen LogP contribution in [0.4, 0.5) is 13.2 Å². The van der Waals surface area contributed by atoms with E-state index in [2.05, 4.69) is 10.9 Å². The lowest BCUT2D eigenvalue weighted by molar-refractivity contribution is -0.137. The van der Waals surface area contributed by atoms with Gasteiger partial charge in [-0.25, -0.2) is 4.99 Å².